The number of imide groups is 2. The molecule has 1 aromatic rings. The van der Waals surface area contributed by atoms with E-state index in [-0.39, 0.29) is 6.54 Å². The second-order valence-corrected chi connectivity index (χ2v) is 5.14. The Labute approximate surface area is 139 Å². The molecule has 1 heterocycles. The lowest BCUT2D eigenvalue weighted by Crippen LogP contribution is -2.46. The maximum absolute atomic E-state index is 12.5. The fraction of sp³-hybridized carbons (Fsp3) is 0.250. The number of para-hydroxylation sites is 1. The third-order valence-electron chi connectivity index (χ3n) is 3.44. The maximum Gasteiger partial charge on any atom is 0.332 e. The van der Waals surface area contributed by atoms with Crippen molar-refractivity contribution in [2.24, 2.45) is 0 Å². The molecule has 2 rings (SSSR count). The number of rotatable bonds is 5. The van der Waals surface area contributed by atoms with E-state index >= 15 is 0 Å². The predicted molar refractivity (Wildman–Crippen MR) is 87.2 cm³/mol. The zero-order valence-electron chi connectivity index (χ0n) is 13.2. The number of hydrogen-bond donors (Lipinski definition) is 2. The highest BCUT2D eigenvalue weighted by Gasteiger charge is 2.44. The summed E-state index contributed by atoms with van der Waals surface area (Å²) in [7, 11) is 0. The van der Waals surface area contributed by atoms with Crippen LogP contribution in [0.25, 0.3) is 0 Å². The van der Waals surface area contributed by atoms with Gasteiger partial charge in [-0.25, -0.2) is 9.59 Å². The summed E-state index contributed by atoms with van der Waals surface area (Å²) in [5, 5.41) is 4.42. The molecule has 8 nitrogen and oxygen atoms in total. The largest absolute Gasteiger partial charge is 0.334 e. The molecule has 0 radical (unpaired) electrons. The highest BCUT2D eigenvalue weighted by atomic mass is 16.2. The molecule has 0 aromatic heterocycles. The van der Waals surface area contributed by atoms with Crippen molar-refractivity contribution in [1.29, 1.82) is 0 Å². The minimum Gasteiger partial charge on any atom is -0.334 e. The number of amides is 6. The van der Waals surface area contributed by atoms with Crippen LogP contribution in [0.3, 0.4) is 0 Å². The number of nitrogens with zero attached hydrogens (tertiary/aromatic N) is 2. The normalized spacial score (nSPS) is 17.0. The fourth-order valence-electron chi connectivity index (χ4n) is 2.31. The first-order valence-electron chi connectivity index (χ1n) is 7.34. The van der Waals surface area contributed by atoms with E-state index in [0.717, 1.165) is 4.90 Å². The lowest BCUT2D eigenvalue weighted by atomic mass is 10.2. The Hall–Kier alpha value is -3.16. The van der Waals surface area contributed by atoms with Gasteiger partial charge in [-0.15, -0.1) is 6.58 Å². The van der Waals surface area contributed by atoms with Crippen molar-refractivity contribution in [3.8, 4) is 0 Å². The van der Waals surface area contributed by atoms with Crippen LogP contribution in [0.1, 0.15) is 6.92 Å². The number of urea groups is 2. The van der Waals surface area contributed by atoms with Crippen molar-refractivity contribution in [2.45, 2.75) is 13.0 Å². The number of benzene rings is 1. The van der Waals surface area contributed by atoms with Crippen LogP contribution >= 0.6 is 0 Å². The van der Waals surface area contributed by atoms with Gasteiger partial charge in [0.15, 0.2) is 0 Å². The molecule has 1 atom stereocenters. The van der Waals surface area contributed by atoms with E-state index in [1.807, 2.05) is 0 Å². The molecular formula is C16H18N4O4. The van der Waals surface area contributed by atoms with Crippen molar-refractivity contribution in [1.82, 2.24) is 15.5 Å². The molecular weight excluding hydrogens is 312 g/mol. The van der Waals surface area contributed by atoms with Gasteiger partial charge in [-0.05, 0) is 19.1 Å². The monoisotopic (exact) mass is 330 g/mol. The third kappa shape index (κ3) is 3.60. The fourth-order valence-corrected chi connectivity index (χ4v) is 2.31. The summed E-state index contributed by atoms with van der Waals surface area (Å²) in [5.41, 5.74) is 0.565. The number of nitrogens with one attached hydrogen (secondary N) is 2. The number of carbonyl (C=O) groups excluding carboxylic acids is 4. The molecule has 1 saturated heterocycles. The van der Waals surface area contributed by atoms with Gasteiger partial charge in [0.2, 0.25) is 5.91 Å². The van der Waals surface area contributed by atoms with Crippen LogP contribution in [0.4, 0.5) is 15.3 Å². The van der Waals surface area contributed by atoms with Crippen LogP contribution in [0, 0.1) is 0 Å². The molecule has 1 aliphatic heterocycles. The smallest absolute Gasteiger partial charge is 0.332 e. The van der Waals surface area contributed by atoms with Crippen molar-refractivity contribution in [2.75, 3.05) is 18.0 Å². The Morgan fingerprint density at radius 2 is 1.92 bits per heavy atom. The van der Waals surface area contributed by atoms with Gasteiger partial charge in [-0.2, -0.15) is 0 Å². The van der Waals surface area contributed by atoms with E-state index in [1.54, 1.807) is 37.3 Å². The van der Waals surface area contributed by atoms with Gasteiger partial charge >= 0.3 is 12.1 Å². The highest BCUT2D eigenvalue weighted by Crippen LogP contribution is 2.25. The lowest BCUT2D eigenvalue weighted by Gasteiger charge is -2.19. The first-order valence-corrected chi connectivity index (χ1v) is 7.34. The van der Waals surface area contributed by atoms with Gasteiger partial charge in [-0.1, -0.05) is 24.3 Å². The molecule has 0 aliphatic carbocycles. The van der Waals surface area contributed by atoms with Crippen molar-refractivity contribution in [3.63, 3.8) is 0 Å². The van der Waals surface area contributed by atoms with Crippen LogP contribution < -0.4 is 15.5 Å². The summed E-state index contributed by atoms with van der Waals surface area (Å²) in [5.74, 6) is -1.24. The Kier molecular flexibility index (Phi) is 5.31. The van der Waals surface area contributed by atoms with Gasteiger partial charge in [0.1, 0.15) is 12.6 Å². The molecule has 2 N–H and O–H groups in total. The van der Waals surface area contributed by atoms with Gasteiger partial charge in [0, 0.05) is 12.2 Å². The standard InChI is InChI=1S/C16H18N4O4/c1-3-9-17-15(23)18-13(21)10-19-14(22)11(2)20(16(19)24)12-7-5-4-6-8-12/h3-8,11H,1,9-10H2,2H3,(H2,17,18,21,23)/t11-/m0/s1. The van der Waals surface area contributed by atoms with Crippen LogP contribution in [0.2, 0.25) is 0 Å². The summed E-state index contributed by atoms with van der Waals surface area (Å²) >= 11 is 0. The molecule has 1 fully saturated rings. The Balaban J connectivity index is 2.05. The van der Waals surface area contributed by atoms with E-state index in [1.165, 1.54) is 11.0 Å². The highest BCUT2D eigenvalue weighted by molar-refractivity contribution is 6.15. The van der Waals surface area contributed by atoms with E-state index in [2.05, 4.69) is 17.2 Å². The van der Waals surface area contributed by atoms with E-state index in [9.17, 15) is 19.2 Å². The van der Waals surface area contributed by atoms with E-state index in [4.69, 9.17) is 0 Å². The molecule has 0 unspecified atom stereocenters. The molecule has 0 bridgehead atoms. The third-order valence-corrected chi connectivity index (χ3v) is 3.44. The molecule has 126 valence electrons. The Morgan fingerprint density at radius 1 is 1.25 bits per heavy atom. The van der Waals surface area contributed by atoms with Crippen LogP contribution in [-0.4, -0.2) is 47.9 Å². The zero-order valence-corrected chi connectivity index (χ0v) is 13.2. The van der Waals surface area contributed by atoms with Gasteiger partial charge in [0.25, 0.3) is 5.91 Å². The van der Waals surface area contributed by atoms with E-state index < -0.39 is 36.5 Å². The topological polar surface area (TPSA) is 98.8 Å². The summed E-state index contributed by atoms with van der Waals surface area (Å²) in [6.07, 6.45) is 1.46. The number of hydrogen-bond acceptors (Lipinski definition) is 4. The molecule has 1 aliphatic rings. The molecule has 0 saturated carbocycles. The molecule has 8 heteroatoms. The molecule has 1 aromatic carbocycles. The minimum absolute atomic E-state index is 0.194. The quantitative estimate of drug-likeness (QED) is 0.618. The summed E-state index contributed by atoms with van der Waals surface area (Å²) < 4.78 is 0. The SMILES string of the molecule is C=CCNC(=O)NC(=O)CN1C(=O)[C@H](C)N(c2ccccc2)C1=O. The van der Waals surface area contributed by atoms with Crippen molar-refractivity contribution >= 4 is 29.6 Å². The molecule has 0 spiro atoms. The first-order chi connectivity index (χ1) is 11.5. The van der Waals surface area contributed by atoms with E-state index in [0.29, 0.717) is 5.69 Å². The average Bonchev–Trinajstić information content (AvgIpc) is 2.77. The number of anilines is 1. The van der Waals surface area contributed by atoms with Crippen LogP contribution in [0.5, 0.6) is 0 Å². The van der Waals surface area contributed by atoms with Crippen molar-refractivity contribution < 1.29 is 19.2 Å². The summed E-state index contributed by atoms with van der Waals surface area (Å²) in [6.45, 7) is 4.69. The van der Waals surface area contributed by atoms with Gasteiger partial charge in [-0.3, -0.25) is 24.7 Å². The first kappa shape index (κ1) is 17.2. The average molecular weight is 330 g/mol. The zero-order chi connectivity index (χ0) is 17.7. The van der Waals surface area contributed by atoms with Crippen LogP contribution in [-0.2, 0) is 9.59 Å². The predicted octanol–water partition coefficient (Wildman–Crippen LogP) is 0.856. The number of carbonyl (C=O) groups is 4. The second kappa shape index (κ2) is 7.40. The second-order valence-electron chi connectivity index (χ2n) is 5.14. The molecule has 6 amide bonds. The molecule has 24 heavy (non-hydrogen) atoms. The van der Waals surface area contributed by atoms with Gasteiger partial charge < -0.3 is 5.32 Å². The van der Waals surface area contributed by atoms with Crippen molar-refractivity contribution in [3.05, 3.63) is 43.0 Å². The summed E-state index contributed by atoms with van der Waals surface area (Å²) in [6, 6.07) is 6.67. The Morgan fingerprint density at radius 3 is 2.54 bits per heavy atom. The Bertz CT molecular complexity index is 674. The van der Waals surface area contributed by atoms with Crippen LogP contribution in [0.15, 0.2) is 43.0 Å². The maximum atomic E-state index is 12.5. The minimum atomic E-state index is -0.750. The van der Waals surface area contributed by atoms with Gasteiger partial charge in [0.05, 0.1) is 0 Å². The summed E-state index contributed by atoms with van der Waals surface area (Å²) in [4.78, 5) is 50.1. The lowest BCUT2D eigenvalue weighted by molar-refractivity contribution is -0.131.